The van der Waals surface area contributed by atoms with Crippen LogP contribution in [0.3, 0.4) is 0 Å². The van der Waals surface area contributed by atoms with E-state index >= 15 is 8.78 Å². The molecule has 398 valence electrons. The molecule has 3 aromatic carbocycles. The number of terminal acetylenes is 1. The van der Waals surface area contributed by atoms with Gasteiger partial charge in [0.05, 0.1) is 30.4 Å². The van der Waals surface area contributed by atoms with Crippen molar-refractivity contribution in [1.82, 2.24) is 40.3 Å². The number of piperidine rings is 1. The molecule has 4 amide bonds. The number of urea groups is 1. The van der Waals surface area contributed by atoms with Crippen LogP contribution >= 0.6 is 0 Å². The zero-order chi connectivity index (χ0) is 52.3. The summed E-state index contributed by atoms with van der Waals surface area (Å²) in [6.07, 6.45) is 19.6. The number of piperazine rings is 2. The van der Waals surface area contributed by atoms with Crippen molar-refractivity contribution in [3.8, 4) is 41.1 Å². The minimum absolute atomic E-state index is 0.0365. The van der Waals surface area contributed by atoms with E-state index in [2.05, 4.69) is 36.2 Å². The lowest BCUT2D eigenvalue weighted by Crippen LogP contribution is -2.53. The van der Waals surface area contributed by atoms with E-state index in [1.165, 1.54) is 62.0 Å². The molecule has 2 atom stereocenters. The molecule has 7 heterocycles. The van der Waals surface area contributed by atoms with E-state index in [-0.39, 0.29) is 75.1 Å². The van der Waals surface area contributed by atoms with Crippen LogP contribution in [0.5, 0.6) is 17.5 Å². The Hall–Kier alpha value is -6.68. The van der Waals surface area contributed by atoms with E-state index in [1.807, 2.05) is 4.90 Å². The molecule has 16 nitrogen and oxygen atoms in total. The molecule has 2 aromatic heterocycles. The van der Waals surface area contributed by atoms with Crippen molar-refractivity contribution in [2.24, 2.45) is 16.7 Å². The quantitative estimate of drug-likeness (QED) is 0.105. The van der Waals surface area contributed by atoms with Gasteiger partial charge in [-0.1, -0.05) is 18.4 Å². The number of carbonyl (C=O) groups excluding carboxylic acids is 3. The Bertz CT molecular complexity index is 3130. The zero-order valence-corrected chi connectivity index (χ0v) is 43.2. The maximum Gasteiger partial charge on any atom is 0.328 e. The molecule has 12 rings (SSSR count). The van der Waals surface area contributed by atoms with Gasteiger partial charge in [-0.3, -0.25) is 24.8 Å². The van der Waals surface area contributed by atoms with Crippen LogP contribution in [0.1, 0.15) is 93.0 Å². The number of aromatic nitrogens is 3. The first kappa shape index (κ1) is 50.2. The van der Waals surface area contributed by atoms with Crippen LogP contribution in [0, 0.1) is 40.7 Å². The molecule has 2 saturated carbocycles. The minimum Gasteiger partial charge on any atom is -0.508 e. The molecule has 18 heteroatoms. The number of rotatable bonds is 12. The number of anilines is 2. The molecule has 5 aliphatic heterocycles. The van der Waals surface area contributed by atoms with E-state index in [0.717, 1.165) is 84.2 Å². The lowest BCUT2D eigenvalue weighted by Gasteiger charge is -2.48. The first-order chi connectivity index (χ1) is 36.9. The number of hydrogen-bond donors (Lipinski definition) is 3. The van der Waals surface area contributed by atoms with Crippen LogP contribution in [-0.2, 0) is 4.79 Å². The number of ether oxygens (including phenoxy) is 2. The normalized spacial score (nSPS) is 22.9. The number of nitrogens with zero attached hydrogens (tertiary/aromatic N) is 8. The number of aromatic hydroxyl groups is 1. The molecular formula is C58H66F2N10O6. The highest BCUT2D eigenvalue weighted by Gasteiger charge is 2.43. The zero-order valence-electron chi connectivity index (χ0n) is 43.2. The van der Waals surface area contributed by atoms with Crippen molar-refractivity contribution in [2.45, 2.75) is 89.1 Å². The second-order valence-corrected chi connectivity index (χ2v) is 22.8. The van der Waals surface area contributed by atoms with E-state index < -0.39 is 17.7 Å². The average Bonchev–Trinajstić information content (AvgIpc) is 3.85. The Labute approximate surface area is 441 Å². The van der Waals surface area contributed by atoms with E-state index in [9.17, 15) is 19.5 Å². The number of imide groups is 1. The number of fused-ring (bicyclic) bond motifs is 4. The number of pyridine rings is 1. The van der Waals surface area contributed by atoms with Crippen molar-refractivity contribution in [1.29, 1.82) is 0 Å². The molecule has 5 aromatic rings. The summed E-state index contributed by atoms with van der Waals surface area (Å²) in [4.78, 5) is 63.5. The van der Waals surface area contributed by atoms with Crippen LogP contribution in [0.4, 0.5) is 25.1 Å². The molecule has 7 aliphatic rings. The van der Waals surface area contributed by atoms with Gasteiger partial charge in [-0.15, -0.1) is 6.42 Å². The number of amides is 4. The average molecular weight is 1040 g/mol. The van der Waals surface area contributed by atoms with Crippen LogP contribution < -0.4 is 29.9 Å². The second-order valence-electron chi connectivity index (χ2n) is 22.8. The molecule has 76 heavy (non-hydrogen) atoms. The third kappa shape index (κ3) is 9.63. The predicted octanol–water partition coefficient (Wildman–Crippen LogP) is 7.49. The second kappa shape index (κ2) is 20.4. The molecule has 0 radical (unpaired) electrons. The van der Waals surface area contributed by atoms with Crippen LogP contribution in [0.15, 0.2) is 48.7 Å². The fourth-order valence-corrected chi connectivity index (χ4v) is 13.6. The van der Waals surface area contributed by atoms with E-state index in [0.29, 0.717) is 84.4 Å². The number of phenols is 1. The third-order valence-corrected chi connectivity index (χ3v) is 18.1. The van der Waals surface area contributed by atoms with Crippen molar-refractivity contribution in [3.05, 3.63) is 71.4 Å². The highest BCUT2D eigenvalue weighted by atomic mass is 19.1. The first-order valence-electron chi connectivity index (χ1n) is 27.3. The Kier molecular flexibility index (Phi) is 13.4. The van der Waals surface area contributed by atoms with Crippen molar-refractivity contribution in [2.75, 3.05) is 95.5 Å². The maximum absolute atomic E-state index is 17.2. The monoisotopic (exact) mass is 1040 g/mol. The summed E-state index contributed by atoms with van der Waals surface area (Å²) in [6.45, 7) is 9.50. The molecule has 3 N–H and O–H groups in total. The number of halogens is 2. The highest BCUT2D eigenvalue weighted by molar-refractivity contribution is 6.07. The maximum atomic E-state index is 17.2. The van der Waals surface area contributed by atoms with Crippen LogP contribution in [0.2, 0.25) is 0 Å². The summed E-state index contributed by atoms with van der Waals surface area (Å²) >= 11 is 0. The largest absolute Gasteiger partial charge is 0.508 e. The summed E-state index contributed by atoms with van der Waals surface area (Å²) in [7, 11) is 1.53. The summed E-state index contributed by atoms with van der Waals surface area (Å²) in [5, 5.41) is 18.0. The van der Waals surface area contributed by atoms with Gasteiger partial charge in [0.2, 0.25) is 5.91 Å². The summed E-state index contributed by atoms with van der Waals surface area (Å²) in [5.74, 6) is 2.29. The number of nitrogens with one attached hydrogen (secondary N) is 2. The van der Waals surface area contributed by atoms with Crippen molar-refractivity contribution >= 4 is 51.0 Å². The number of benzene rings is 3. The molecule has 2 bridgehead atoms. The summed E-state index contributed by atoms with van der Waals surface area (Å²) in [5.41, 5.74) is 1.27. The standard InChI is InChI=1S/C58H66F2N10O6/c1-3-42-45(59)9-5-37-27-41(71)29-43(49(37)42)51-50(60)52-44(30-61-51)53(69-32-39-7-8-40(33-69)62-39)65-55(64-52)76-35-58(14-4-15-58)34-67-25-23-66(24-26-67)31-36-11-16-57(17-12-36)18-21-68(22-19-57)54(73)38-6-10-47(75-2)46(28-38)70-20-13-48(72)63-56(70)74/h1,5-6,9-10,27-30,36,39-40,62,71H,4,7-8,11-26,31-35H2,2H3,(H,63,72,74). The molecular weight excluding hydrogens is 971 g/mol. The van der Waals surface area contributed by atoms with Crippen molar-refractivity contribution in [3.63, 3.8) is 0 Å². The summed E-state index contributed by atoms with van der Waals surface area (Å²) in [6, 6.07) is 11.0. The Morgan fingerprint density at radius 1 is 0.895 bits per heavy atom. The van der Waals surface area contributed by atoms with Gasteiger partial charge in [0.15, 0.2) is 5.82 Å². The van der Waals surface area contributed by atoms with Gasteiger partial charge in [-0.25, -0.2) is 13.6 Å². The lowest BCUT2D eigenvalue weighted by molar-refractivity contribution is -0.120. The summed E-state index contributed by atoms with van der Waals surface area (Å²) < 4.78 is 44.5. The number of methoxy groups -OCH3 is 1. The molecule has 2 unspecified atom stereocenters. The molecule has 5 saturated heterocycles. The molecule has 2 aliphatic carbocycles. The Balaban J connectivity index is 0.665. The van der Waals surface area contributed by atoms with Gasteiger partial charge in [0, 0.05) is 119 Å². The Morgan fingerprint density at radius 3 is 2.34 bits per heavy atom. The molecule has 1 spiro atoms. The lowest BCUT2D eigenvalue weighted by atomic mass is 9.65. The Morgan fingerprint density at radius 2 is 1.64 bits per heavy atom. The van der Waals surface area contributed by atoms with E-state index in [4.69, 9.17) is 25.9 Å². The van der Waals surface area contributed by atoms with Crippen LogP contribution in [-0.4, -0.2) is 150 Å². The number of likely N-dealkylation sites (tertiary alicyclic amines) is 1. The first-order valence-corrected chi connectivity index (χ1v) is 27.3. The third-order valence-electron chi connectivity index (χ3n) is 18.1. The van der Waals surface area contributed by atoms with Gasteiger partial charge < -0.3 is 39.5 Å². The van der Waals surface area contributed by atoms with Gasteiger partial charge >= 0.3 is 12.0 Å². The fourth-order valence-electron chi connectivity index (χ4n) is 13.6. The predicted molar refractivity (Wildman–Crippen MR) is 285 cm³/mol. The van der Waals surface area contributed by atoms with Crippen LogP contribution in [0.25, 0.3) is 32.9 Å². The van der Waals surface area contributed by atoms with Gasteiger partial charge in [0.1, 0.15) is 34.3 Å². The van der Waals surface area contributed by atoms with Gasteiger partial charge in [-0.2, -0.15) is 9.97 Å². The SMILES string of the molecule is C#Cc1c(F)ccc2cc(O)cc(-c3ncc4c(N5CC6CCC(C5)N6)nc(OCC5(CN6CCN(CC7CCC8(CC7)CCN(C(=O)c7ccc(OC)c(N9CCC(=O)NC9=O)c7)CC8)CC6)CCC5)nc4c3F)c12. The van der Waals surface area contributed by atoms with E-state index in [1.54, 1.807) is 24.4 Å². The van der Waals surface area contributed by atoms with Crippen molar-refractivity contribution < 1.29 is 37.7 Å². The topological polar surface area (TPSA) is 169 Å². The minimum atomic E-state index is -0.725. The molecule has 7 fully saturated rings. The highest BCUT2D eigenvalue weighted by Crippen LogP contribution is 2.48. The number of carbonyl (C=O) groups is 3. The fraction of sp³-hybridized carbons (Fsp3) is 0.517. The van der Waals surface area contributed by atoms with Gasteiger partial charge in [-0.05, 0) is 117 Å². The smallest absolute Gasteiger partial charge is 0.328 e. The number of hydrogen-bond acceptors (Lipinski definition) is 13. The number of phenolic OH excluding ortho intramolecular Hbond substituents is 1. The van der Waals surface area contributed by atoms with Gasteiger partial charge in [0.25, 0.3) is 5.91 Å².